The van der Waals surface area contributed by atoms with Crippen LogP contribution in [0.25, 0.3) is 22.7 Å². The molecule has 0 saturated heterocycles. The van der Waals surface area contributed by atoms with Crippen molar-refractivity contribution in [3.63, 3.8) is 0 Å². The minimum atomic E-state index is -4.76. The molecule has 9 nitrogen and oxygen atoms in total. The molecule has 0 aliphatic rings. The lowest BCUT2D eigenvalue weighted by Gasteiger charge is -2.20. The average Bonchev–Trinajstić information content (AvgIpc) is 2.98. The molecule has 0 radical (unpaired) electrons. The molecule has 0 atom stereocenters. The highest BCUT2D eigenvalue weighted by Gasteiger charge is 2.33. The van der Waals surface area contributed by atoms with E-state index < -0.39 is 13.1 Å². The first-order valence-corrected chi connectivity index (χ1v) is 9.78. The third-order valence-electron chi connectivity index (χ3n) is 3.44. The Bertz CT molecular complexity index is 1050. The maximum absolute atomic E-state index is 11.6. The van der Waals surface area contributed by atoms with Crippen molar-refractivity contribution in [3.05, 3.63) is 16.4 Å². The molecule has 3 aromatic rings. The zero-order valence-corrected chi connectivity index (χ0v) is 16.5. The minimum absolute atomic E-state index is 0.0726. The van der Waals surface area contributed by atoms with E-state index in [2.05, 4.69) is 15.0 Å². The van der Waals surface area contributed by atoms with Crippen molar-refractivity contribution >= 4 is 53.3 Å². The predicted molar refractivity (Wildman–Crippen MR) is 98.6 cm³/mol. The molecule has 4 N–H and O–H groups in total. The molecule has 3 heterocycles. The van der Waals surface area contributed by atoms with Gasteiger partial charge in [-0.2, -0.15) is 0 Å². The van der Waals surface area contributed by atoms with Crippen LogP contribution in [0, 0.1) is 5.41 Å². The summed E-state index contributed by atoms with van der Waals surface area (Å²) in [5.74, 6) is 0.290. The van der Waals surface area contributed by atoms with Gasteiger partial charge in [-0.15, -0.1) is 0 Å². The number of nitrogen functional groups attached to an aromatic ring is 1. The average molecular weight is 420 g/mol. The van der Waals surface area contributed by atoms with Crippen molar-refractivity contribution in [3.8, 4) is 11.6 Å². The maximum atomic E-state index is 11.6. The Morgan fingerprint density at radius 1 is 1.27 bits per heavy atom. The lowest BCUT2D eigenvalue weighted by Crippen LogP contribution is -2.16. The maximum Gasteiger partial charge on any atom is 0.392 e. The molecular weight excluding hydrogens is 404 g/mol. The molecule has 140 valence electrons. The van der Waals surface area contributed by atoms with Gasteiger partial charge in [0.2, 0.25) is 5.50 Å². The largest absolute Gasteiger partial charge is 0.442 e. The van der Waals surface area contributed by atoms with Crippen LogP contribution in [0.3, 0.4) is 0 Å². The highest BCUT2D eigenvalue weighted by Crippen LogP contribution is 2.45. The fourth-order valence-electron chi connectivity index (χ4n) is 2.46. The van der Waals surface area contributed by atoms with Crippen molar-refractivity contribution in [2.45, 2.75) is 27.3 Å². The van der Waals surface area contributed by atoms with E-state index >= 15 is 0 Å². The van der Waals surface area contributed by atoms with Crippen LogP contribution in [0.2, 0.25) is 10.0 Å². The van der Waals surface area contributed by atoms with Crippen LogP contribution in [-0.4, -0.2) is 29.3 Å². The molecule has 0 aromatic carbocycles. The summed E-state index contributed by atoms with van der Waals surface area (Å²) in [5, 5.41) is -0.509. The second-order valence-corrected chi connectivity index (χ2v) is 9.17. The second-order valence-electron chi connectivity index (χ2n) is 6.92. The minimum Gasteiger partial charge on any atom is -0.442 e. The van der Waals surface area contributed by atoms with Crippen LogP contribution in [-0.2, 0) is 11.1 Å². The topological polar surface area (TPSA) is 140 Å². The van der Waals surface area contributed by atoms with E-state index in [0.717, 1.165) is 0 Å². The summed E-state index contributed by atoms with van der Waals surface area (Å²) in [6, 6.07) is 0. The Labute approximate surface area is 158 Å². The van der Waals surface area contributed by atoms with Gasteiger partial charge in [-0.25, -0.2) is 15.0 Å². The van der Waals surface area contributed by atoms with Gasteiger partial charge in [0.15, 0.2) is 28.6 Å². The number of hydrogen-bond acceptors (Lipinski definition) is 6. The van der Waals surface area contributed by atoms with Crippen LogP contribution in [0.5, 0.6) is 0 Å². The molecule has 0 amide bonds. The molecule has 0 aliphatic carbocycles. The van der Waals surface area contributed by atoms with Gasteiger partial charge in [0.1, 0.15) is 16.4 Å². The smallest absolute Gasteiger partial charge is 0.392 e. The van der Waals surface area contributed by atoms with E-state index in [4.69, 9.17) is 33.4 Å². The quantitative estimate of drug-likeness (QED) is 0.550. The van der Waals surface area contributed by atoms with Crippen LogP contribution in [0.1, 0.15) is 20.8 Å². The van der Waals surface area contributed by atoms with Gasteiger partial charge >= 0.3 is 7.60 Å². The molecule has 0 saturated carbocycles. The first kappa shape index (κ1) is 19.1. The highest BCUT2D eigenvalue weighted by molar-refractivity contribution is 7.60. The number of aromatic nitrogens is 4. The molecule has 26 heavy (non-hydrogen) atoms. The summed E-state index contributed by atoms with van der Waals surface area (Å²) in [4.78, 5) is 31.3. The van der Waals surface area contributed by atoms with E-state index in [-0.39, 0.29) is 32.9 Å². The number of anilines is 1. The van der Waals surface area contributed by atoms with Gasteiger partial charge in [0.25, 0.3) is 0 Å². The van der Waals surface area contributed by atoms with Gasteiger partial charge in [0.05, 0.1) is 0 Å². The molecule has 0 aliphatic heterocycles. The molecule has 0 bridgehead atoms. The molecule has 0 unspecified atom stereocenters. The number of furan rings is 1. The van der Waals surface area contributed by atoms with Crippen LogP contribution < -0.4 is 11.2 Å². The number of nitrogens with zero attached hydrogens (tertiary/aromatic N) is 4. The summed E-state index contributed by atoms with van der Waals surface area (Å²) in [6.07, 6.45) is 1.31. The van der Waals surface area contributed by atoms with Crippen LogP contribution in [0.15, 0.2) is 10.7 Å². The SMILES string of the molecule is CC(C)(C)Cn1c(-c2oc(P(=O)(O)O)c(Cl)c2Cl)nc2c(N)ncnc21. The van der Waals surface area contributed by atoms with E-state index in [1.54, 1.807) is 4.57 Å². The Hall–Kier alpha value is -1.64. The van der Waals surface area contributed by atoms with E-state index in [9.17, 15) is 14.4 Å². The number of imidazole rings is 1. The third-order valence-corrected chi connectivity index (χ3v) is 5.23. The number of fused-ring (bicyclic) bond motifs is 1. The van der Waals surface area contributed by atoms with Crippen LogP contribution in [0.4, 0.5) is 5.82 Å². The van der Waals surface area contributed by atoms with Crippen molar-refractivity contribution < 1.29 is 18.8 Å². The third kappa shape index (κ3) is 3.33. The first-order valence-electron chi connectivity index (χ1n) is 7.41. The van der Waals surface area contributed by atoms with E-state index in [0.29, 0.717) is 17.7 Å². The Balaban J connectivity index is 2.34. The van der Waals surface area contributed by atoms with Gasteiger partial charge < -0.3 is 24.5 Å². The van der Waals surface area contributed by atoms with Crippen LogP contribution >= 0.6 is 30.8 Å². The number of nitrogens with two attached hydrogens (primary N) is 1. The first-order chi connectivity index (χ1) is 11.9. The number of rotatable bonds is 3. The van der Waals surface area contributed by atoms with Crippen molar-refractivity contribution in [1.29, 1.82) is 0 Å². The van der Waals surface area contributed by atoms with Gasteiger partial charge in [-0.3, -0.25) is 4.57 Å². The molecule has 3 aromatic heterocycles. The molecule has 0 fully saturated rings. The monoisotopic (exact) mass is 419 g/mol. The van der Waals surface area contributed by atoms with E-state index in [1.807, 2.05) is 20.8 Å². The predicted octanol–water partition coefficient (Wildman–Crippen LogP) is 2.82. The van der Waals surface area contributed by atoms with E-state index in [1.165, 1.54) is 6.33 Å². The highest BCUT2D eigenvalue weighted by atomic mass is 35.5. The molecule has 3 rings (SSSR count). The number of halogens is 2. The van der Waals surface area contributed by atoms with Crippen molar-refractivity contribution in [2.75, 3.05) is 5.73 Å². The zero-order valence-electron chi connectivity index (χ0n) is 14.1. The van der Waals surface area contributed by atoms with Gasteiger partial charge in [-0.05, 0) is 5.41 Å². The summed E-state index contributed by atoms with van der Waals surface area (Å²) in [6.45, 7) is 6.47. The summed E-state index contributed by atoms with van der Waals surface area (Å²) in [7, 11) is -4.76. The molecule has 0 spiro atoms. The zero-order chi connectivity index (χ0) is 19.4. The Morgan fingerprint density at radius 2 is 1.92 bits per heavy atom. The van der Waals surface area contributed by atoms with Gasteiger partial charge in [-0.1, -0.05) is 44.0 Å². The fraction of sp³-hybridized carbons (Fsp3) is 0.357. The second kappa shape index (κ2) is 6.21. The summed E-state index contributed by atoms with van der Waals surface area (Å²) in [5.41, 5.74) is 5.76. The number of hydrogen-bond donors (Lipinski definition) is 3. The molecule has 12 heteroatoms. The fourth-order valence-corrected chi connectivity index (χ4v) is 3.77. The van der Waals surface area contributed by atoms with Crippen molar-refractivity contribution in [2.24, 2.45) is 5.41 Å². The Kier molecular flexibility index (Phi) is 4.57. The lowest BCUT2D eigenvalue weighted by atomic mass is 9.97. The van der Waals surface area contributed by atoms with Crippen molar-refractivity contribution in [1.82, 2.24) is 19.5 Å². The van der Waals surface area contributed by atoms with Gasteiger partial charge in [0, 0.05) is 6.54 Å². The summed E-state index contributed by atoms with van der Waals surface area (Å²) >= 11 is 12.1. The lowest BCUT2D eigenvalue weighted by molar-refractivity contribution is 0.347. The normalized spacial score (nSPS) is 12.9. The molecular formula is C14H16Cl2N5O4P. The summed E-state index contributed by atoms with van der Waals surface area (Å²) < 4.78 is 18.6. The Morgan fingerprint density at radius 3 is 2.46 bits per heavy atom. The standard InChI is InChI=1S/C14H16Cl2N5O4P/c1-14(2,3)4-21-11-8(10(17)18-5-19-11)20-12(21)9-6(15)7(16)13(25-9)26(22,23)24/h5H,4H2,1-3H3,(H2,17,18,19)(H2,22,23,24).